The molecule has 0 aliphatic rings. The summed E-state index contributed by atoms with van der Waals surface area (Å²) in [6, 6.07) is 0. The Kier molecular flexibility index (Phi) is 13.0. The molecule has 32 heavy (non-hydrogen) atoms. The molecule has 0 atom stereocenters. The standard InChI is InChI=1S/C9H9F7O2.C6H7F7.CH4/c1-2-6(17)18-5-3-4-7(10,8(11,12)13)9(14,15)16;1-2-3-4(7,5(8,9)10)6(11,12)13;/h2H,1,3-5H2;2-3H2,1H3;1H4. The van der Waals surface area contributed by atoms with Gasteiger partial charge in [-0.2, -0.15) is 52.7 Å². The highest BCUT2D eigenvalue weighted by atomic mass is 19.4. The molecule has 0 amide bonds. The van der Waals surface area contributed by atoms with Crippen molar-refractivity contribution in [2.45, 2.75) is 76.1 Å². The molecule has 0 aromatic carbocycles. The normalized spacial score (nSPS) is 13.5. The number of alkyl halides is 14. The molecule has 0 unspecified atom stereocenters. The molecule has 16 heteroatoms. The second-order valence-corrected chi connectivity index (χ2v) is 5.82. The van der Waals surface area contributed by atoms with Gasteiger partial charge < -0.3 is 4.74 Å². The van der Waals surface area contributed by atoms with Gasteiger partial charge in [-0.3, -0.25) is 0 Å². The van der Waals surface area contributed by atoms with E-state index in [0.29, 0.717) is 6.08 Å². The SMILES string of the molecule is C.C=CC(=O)OCCCC(F)(C(F)(F)F)C(F)(F)F.CCCC(F)(C(F)(F)F)C(F)(F)F. The largest absolute Gasteiger partial charge is 0.463 e. The van der Waals surface area contributed by atoms with Crippen LogP contribution in [0.1, 0.15) is 40.0 Å². The molecule has 0 saturated heterocycles. The molecule has 0 aliphatic heterocycles. The van der Waals surface area contributed by atoms with Crippen molar-refractivity contribution in [1.82, 2.24) is 0 Å². The summed E-state index contributed by atoms with van der Waals surface area (Å²) in [5, 5.41) is 0. The van der Waals surface area contributed by atoms with E-state index >= 15 is 0 Å². The summed E-state index contributed by atoms with van der Waals surface area (Å²) in [5.74, 6) is -1.02. The average molecular weight is 510 g/mol. The number of carbonyl (C=O) groups is 1. The zero-order valence-electron chi connectivity index (χ0n) is 15.4. The molecule has 194 valence electrons. The van der Waals surface area contributed by atoms with E-state index in [-0.39, 0.29) is 7.43 Å². The summed E-state index contributed by atoms with van der Waals surface area (Å²) in [5.41, 5.74) is -10.4. The first-order chi connectivity index (χ1) is 13.5. The average Bonchev–Trinajstić information content (AvgIpc) is 2.54. The molecule has 2 nitrogen and oxygen atoms in total. The lowest BCUT2D eigenvalue weighted by atomic mass is 9.98. The lowest BCUT2D eigenvalue weighted by Gasteiger charge is -2.29. The van der Waals surface area contributed by atoms with Crippen LogP contribution in [0.5, 0.6) is 0 Å². The summed E-state index contributed by atoms with van der Waals surface area (Å²) >= 11 is 0. The maximum absolute atomic E-state index is 13.0. The zero-order valence-corrected chi connectivity index (χ0v) is 15.4. The van der Waals surface area contributed by atoms with Crippen molar-refractivity contribution in [3.63, 3.8) is 0 Å². The first-order valence-corrected chi connectivity index (χ1v) is 7.95. The molecular weight excluding hydrogens is 490 g/mol. The van der Waals surface area contributed by atoms with Gasteiger partial charge >= 0.3 is 30.7 Å². The first-order valence-electron chi connectivity index (χ1n) is 7.95. The smallest absolute Gasteiger partial charge is 0.431 e. The van der Waals surface area contributed by atoms with Crippen molar-refractivity contribution in [1.29, 1.82) is 0 Å². The fourth-order valence-electron chi connectivity index (χ4n) is 1.78. The molecule has 0 radical (unpaired) electrons. The van der Waals surface area contributed by atoms with E-state index in [1.54, 1.807) is 0 Å². The van der Waals surface area contributed by atoms with Gasteiger partial charge in [-0.05, 0) is 12.8 Å². The van der Waals surface area contributed by atoms with Crippen LogP contribution in [0.25, 0.3) is 0 Å². The minimum Gasteiger partial charge on any atom is -0.463 e. The third-order valence-electron chi connectivity index (χ3n) is 3.47. The van der Waals surface area contributed by atoms with Crippen LogP contribution in [0.15, 0.2) is 12.7 Å². The molecule has 0 aliphatic carbocycles. The van der Waals surface area contributed by atoms with Gasteiger partial charge in [-0.15, -0.1) is 0 Å². The minimum atomic E-state index is -6.08. The quantitative estimate of drug-likeness (QED) is 0.153. The Balaban J connectivity index is -0.000000535. The number of hydrogen-bond acceptors (Lipinski definition) is 2. The van der Waals surface area contributed by atoms with Crippen LogP contribution in [0.2, 0.25) is 0 Å². The Labute approximate surface area is 173 Å². The van der Waals surface area contributed by atoms with Crippen molar-refractivity contribution >= 4 is 5.97 Å². The highest BCUT2D eigenvalue weighted by Gasteiger charge is 2.72. The van der Waals surface area contributed by atoms with Crippen molar-refractivity contribution in [2.24, 2.45) is 0 Å². The van der Waals surface area contributed by atoms with Crippen LogP contribution in [0.4, 0.5) is 61.5 Å². The predicted molar refractivity (Wildman–Crippen MR) is 83.9 cm³/mol. The predicted octanol–water partition coefficient (Wildman–Crippen LogP) is 7.58. The Hall–Kier alpha value is -1.77. The van der Waals surface area contributed by atoms with Gasteiger partial charge in [0.05, 0.1) is 6.61 Å². The summed E-state index contributed by atoms with van der Waals surface area (Å²) < 4.78 is 172. The maximum atomic E-state index is 13.0. The van der Waals surface area contributed by atoms with Crippen LogP contribution in [0, 0.1) is 0 Å². The van der Waals surface area contributed by atoms with Gasteiger partial charge in [0, 0.05) is 12.5 Å². The maximum Gasteiger partial charge on any atom is 0.431 e. The lowest BCUT2D eigenvalue weighted by Crippen LogP contribution is -2.53. The molecule has 0 fully saturated rings. The van der Waals surface area contributed by atoms with Gasteiger partial charge in [0.1, 0.15) is 0 Å². The van der Waals surface area contributed by atoms with Crippen LogP contribution in [-0.2, 0) is 9.53 Å². The van der Waals surface area contributed by atoms with Crippen molar-refractivity contribution in [3.05, 3.63) is 12.7 Å². The molecule has 0 spiro atoms. The van der Waals surface area contributed by atoms with Crippen molar-refractivity contribution in [2.75, 3.05) is 6.61 Å². The first kappa shape index (κ1) is 34.8. The second kappa shape index (κ2) is 11.9. The van der Waals surface area contributed by atoms with Gasteiger partial charge in [-0.25, -0.2) is 13.6 Å². The van der Waals surface area contributed by atoms with E-state index in [2.05, 4.69) is 11.3 Å². The van der Waals surface area contributed by atoms with Crippen molar-refractivity contribution in [3.8, 4) is 0 Å². The molecular formula is C16H20F14O2. The number of rotatable bonds is 7. The van der Waals surface area contributed by atoms with Gasteiger partial charge in [0.25, 0.3) is 11.3 Å². The van der Waals surface area contributed by atoms with Gasteiger partial charge in [0.2, 0.25) is 0 Å². The summed E-state index contributed by atoms with van der Waals surface area (Å²) in [7, 11) is 0. The molecule has 0 N–H and O–H groups in total. The zero-order chi connectivity index (χ0) is 25.5. The summed E-state index contributed by atoms with van der Waals surface area (Å²) in [4.78, 5) is 10.5. The Morgan fingerprint density at radius 3 is 1.25 bits per heavy atom. The molecule has 0 rings (SSSR count). The van der Waals surface area contributed by atoms with Crippen LogP contribution in [0.3, 0.4) is 0 Å². The van der Waals surface area contributed by atoms with Crippen LogP contribution >= 0.6 is 0 Å². The molecule has 0 heterocycles. The highest BCUT2D eigenvalue weighted by Crippen LogP contribution is 2.49. The van der Waals surface area contributed by atoms with Gasteiger partial charge in [-0.1, -0.05) is 27.4 Å². The molecule has 0 aromatic rings. The molecule has 0 aromatic heterocycles. The van der Waals surface area contributed by atoms with E-state index in [1.165, 1.54) is 0 Å². The second-order valence-electron chi connectivity index (χ2n) is 5.82. The third kappa shape index (κ3) is 9.00. The van der Waals surface area contributed by atoms with Gasteiger partial charge in [0.15, 0.2) is 0 Å². The summed E-state index contributed by atoms with van der Waals surface area (Å²) in [6.07, 6.45) is -28.2. The molecule has 0 bridgehead atoms. The third-order valence-corrected chi connectivity index (χ3v) is 3.47. The minimum absolute atomic E-state index is 0. The summed E-state index contributed by atoms with van der Waals surface area (Å²) in [6.45, 7) is 3.24. The number of halogens is 14. The number of esters is 1. The van der Waals surface area contributed by atoms with Crippen LogP contribution < -0.4 is 0 Å². The van der Waals surface area contributed by atoms with E-state index in [0.717, 1.165) is 6.92 Å². The highest BCUT2D eigenvalue weighted by molar-refractivity contribution is 5.81. The number of hydrogen-bond donors (Lipinski definition) is 0. The lowest BCUT2D eigenvalue weighted by molar-refractivity contribution is -0.344. The Bertz CT molecular complexity index is 543. The van der Waals surface area contributed by atoms with E-state index in [9.17, 15) is 66.3 Å². The van der Waals surface area contributed by atoms with Crippen LogP contribution in [-0.4, -0.2) is 48.6 Å². The number of carbonyl (C=O) groups excluding carboxylic acids is 1. The molecule has 0 saturated carbocycles. The van der Waals surface area contributed by atoms with E-state index in [4.69, 9.17) is 0 Å². The fourth-order valence-corrected chi connectivity index (χ4v) is 1.78. The van der Waals surface area contributed by atoms with Crippen molar-refractivity contribution < 1.29 is 71.0 Å². The van der Waals surface area contributed by atoms with E-state index < -0.39 is 74.3 Å². The monoisotopic (exact) mass is 510 g/mol. The number of ether oxygens (including phenoxy) is 1. The topological polar surface area (TPSA) is 26.3 Å². The fraction of sp³-hybridized carbons (Fsp3) is 0.812. The van der Waals surface area contributed by atoms with E-state index in [1.807, 2.05) is 0 Å². The Morgan fingerprint density at radius 1 is 0.719 bits per heavy atom. The Morgan fingerprint density at radius 2 is 1.03 bits per heavy atom.